The van der Waals surface area contributed by atoms with Crippen LogP contribution in [0.3, 0.4) is 0 Å². The molecule has 2 aromatic carbocycles. The molecule has 7 atom stereocenters. The zero-order chi connectivity index (χ0) is 60.7. The summed E-state index contributed by atoms with van der Waals surface area (Å²) in [6.07, 6.45) is -0.505. The third-order valence-corrected chi connectivity index (χ3v) is 12.9. The minimum atomic E-state index is -1.79. The standard InChI is InChI=1S/C55H76F2N10O14/c1-31(24-44(70)32(2)61-52(78)39(62-33(3)69)14-10-11-21-58)50(76)65-42(27-45(59)71)53(79)64-40(51(77)60-22-19-46(72)63-41(54(80)81)17-18-48(74)75)20-23-67(47(73)30-68)49(55(4,5)6)43-25-35(37-26-36(56)15-16-38(37)57)29-66(43)28-34-12-8-7-9-13-34/h7-9,12-13,15-16,25-26,29,31-32,39-42,49,68H,10-11,14,17-24,27-28,30,58H2,1-6H3,(H2,59,71)(H,60,77)(H,61,78)(H,62,69)(H,63,72)(H,64,79)(H,65,76)(H,74,75)(H,80,81)/t31-,32+,39+,40+,41+,42+,49+/m1/s1. The number of carbonyl (C=O) groups is 11. The van der Waals surface area contributed by atoms with Gasteiger partial charge in [0.15, 0.2) is 5.78 Å². The number of aromatic nitrogens is 1. The molecule has 81 heavy (non-hydrogen) atoms. The fraction of sp³-hybridized carbons (Fsp3) is 0.509. The molecular weight excluding hydrogens is 1060 g/mol. The predicted molar refractivity (Wildman–Crippen MR) is 290 cm³/mol. The van der Waals surface area contributed by atoms with Gasteiger partial charge in [-0.15, -0.1) is 0 Å². The number of nitrogens with zero attached hydrogens (tertiary/aromatic N) is 2. The van der Waals surface area contributed by atoms with Crippen molar-refractivity contribution in [2.24, 2.45) is 22.8 Å². The van der Waals surface area contributed by atoms with Gasteiger partial charge in [-0.3, -0.25) is 47.9 Å². The molecular formula is C55H76F2N10O14. The van der Waals surface area contributed by atoms with Crippen LogP contribution in [0.25, 0.3) is 11.1 Å². The predicted octanol–water partition coefficient (Wildman–Crippen LogP) is 1.30. The van der Waals surface area contributed by atoms with Crippen LogP contribution in [-0.4, -0.2) is 146 Å². The maximum absolute atomic E-state index is 15.4. The molecule has 8 amide bonds. The van der Waals surface area contributed by atoms with E-state index in [1.165, 1.54) is 25.7 Å². The number of carboxylic acid groups (broad SMARTS) is 2. The highest BCUT2D eigenvalue weighted by atomic mass is 19.1. The number of hydrogen-bond donors (Lipinski definition) is 11. The molecule has 0 aliphatic rings. The number of benzene rings is 2. The highest BCUT2D eigenvalue weighted by Gasteiger charge is 2.39. The second kappa shape index (κ2) is 32.2. The van der Waals surface area contributed by atoms with Gasteiger partial charge in [0, 0.05) is 74.8 Å². The van der Waals surface area contributed by atoms with Gasteiger partial charge >= 0.3 is 11.9 Å². The number of rotatable bonds is 34. The van der Waals surface area contributed by atoms with E-state index in [0.29, 0.717) is 25.1 Å². The van der Waals surface area contributed by atoms with Crippen molar-refractivity contribution < 1.29 is 76.8 Å². The van der Waals surface area contributed by atoms with E-state index < -0.39 is 182 Å². The highest BCUT2D eigenvalue weighted by molar-refractivity contribution is 5.97. The van der Waals surface area contributed by atoms with Crippen LogP contribution in [-0.2, 0) is 59.3 Å². The number of halogens is 2. The first-order valence-electron chi connectivity index (χ1n) is 26.4. The van der Waals surface area contributed by atoms with Crippen molar-refractivity contribution >= 4 is 65.0 Å². The molecule has 1 aromatic heterocycles. The molecule has 0 spiro atoms. The SMILES string of the molecule is CC(=O)N[C@@H](CCCCN)C(=O)N[C@@H](C)C(=O)C[C@@H](C)C(=O)N[C@@H](CC(N)=O)C(=O)N[C@@H](CCN(C(=O)CO)[C@@H](c1cc(-c2cc(F)ccc2F)cn1Cc1ccccc1)C(C)(C)C)C(=O)NCCC(=O)N[C@@H](CCC(=O)O)C(=O)O. The molecule has 24 nitrogen and oxygen atoms in total. The molecule has 0 saturated heterocycles. The summed E-state index contributed by atoms with van der Waals surface area (Å²) in [6, 6.07) is 5.31. The summed E-state index contributed by atoms with van der Waals surface area (Å²) in [4.78, 5) is 144. The summed E-state index contributed by atoms with van der Waals surface area (Å²) in [6.45, 7) is 7.75. The minimum Gasteiger partial charge on any atom is -0.481 e. The number of aliphatic hydroxyl groups excluding tert-OH is 1. The van der Waals surface area contributed by atoms with Crippen LogP contribution in [0.5, 0.6) is 0 Å². The summed E-state index contributed by atoms with van der Waals surface area (Å²) in [7, 11) is 0. The number of Topliss-reactive ketones (excluding diaryl/α,β-unsaturated/α-hetero) is 1. The number of aliphatic hydroxyl groups is 1. The Morgan fingerprint density at radius 3 is 1.96 bits per heavy atom. The average molecular weight is 1140 g/mol. The van der Waals surface area contributed by atoms with E-state index >= 15 is 4.39 Å². The number of nitrogens with one attached hydrogen (secondary N) is 6. The Balaban J connectivity index is 2.02. The Morgan fingerprint density at radius 2 is 1.37 bits per heavy atom. The molecule has 0 saturated carbocycles. The first kappa shape index (κ1) is 67.1. The summed E-state index contributed by atoms with van der Waals surface area (Å²) >= 11 is 0. The molecule has 0 aliphatic carbocycles. The Kier molecular flexibility index (Phi) is 26.7. The first-order chi connectivity index (χ1) is 38.1. The van der Waals surface area contributed by atoms with Crippen LogP contribution in [0.4, 0.5) is 8.78 Å². The van der Waals surface area contributed by atoms with Crippen LogP contribution in [0.2, 0.25) is 0 Å². The van der Waals surface area contributed by atoms with E-state index in [-0.39, 0.29) is 24.1 Å². The molecule has 444 valence electrons. The smallest absolute Gasteiger partial charge is 0.326 e. The third kappa shape index (κ3) is 22.1. The second-order valence-electron chi connectivity index (χ2n) is 20.8. The number of hydrogen-bond acceptors (Lipinski definition) is 13. The van der Waals surface area contributed by atoms with E-state index in [1.54, 1.807) is 55.8 Å². The number of amides is 8. The lowest BCUT2D eigenvalue weighted by atomic mass is 9.82. The largest absolute Gasteiger partial charge is 0.481 e. The zero-order valence-corrected chi connectivity index (χ0v) is 46.4. The molecule has 13 N–H and O–H groups in total. The van der Waals surface area contributed by atoms with Crippen molar-refractivity contribution in [2.75, 3.05) is 26.2 Å². The fourth-order valence-corrected chi connectivity index (χ4v) is 8.82. The summed E-state index contributed by atoms with van der Waals surface area (Å²) in [5, 5.41) is 43.6. The van der Waals surface area contributed by atoms with Gasteiger partial charge in [-0.2, -0.15) is 0 Å². The van der Waals surface area contributed by atoms with Gasteiger partial charge in [0.2, 0.25) is 47.3 Å². The van der Waals surface area contributed by atoms with E-state index in [0.717, 1.165) is 23.8 Å². The maximum Gasteiger partial charge on any atom is 0.326 e. The Morgan fingerprint density at radius 1 is 0.728 bits per heavy atom. The van der Waals surface area contributed by atoms with Crippen molar-refractivity contribution in [3.05, 3.63) is 83.7 Å². The van der Waals surface area contributed by atoms with Crippen molar-refractivity contribution in [1.29, 1.82) is 0 Å². The van der Waals surface area contributed by atoms with E-state index in [4.69, 9.17) is 16.6 Å². The van der Waals surface area contributed by atoms with E-state index in [2.05, 4.69) is 31.9 Å². The molecule has 0 bridgehead atoms. The summed E-state index contributed by atoms with van der Waals surface area (Å²) in [5.41, 5.74) is 11.4. The Bertz CT molecular complexity index is 2720. The third-order valence-electron chi connectivity index (χ3n) is 12.9. The number of ketones is 1. The lowest BCUT2D eigenvalue weighted by molar-refractivity contribution is -0.143. The monoisotopic (exact) mass is 1140 g/mol. The minimum absolute atomic E-state index is 0.0949. The van der Waals surface area contributed by atoms with Crippen LogP contribution in [0, 0.1) is 23.0 Å². The molecule has 3 rings (SSSR count). The summed E-state index contributed by atoms with van der Waals surface area (Å²) in [5.74, 6) is -13.2. The van der Waals surface area contributed by atoms with Gasteiger partial charge in [0.1, 0.15) is 42.4 Å². The number of aliphatic carboxylic acids is 2. The average Bonchev–Trinajstić information content (AvgIpc) is 4.06. The van der Waals surface area contributed by atoms with Crippen molar-refractivity contribution in [2.45, 2.75) is 142 Å². The van der Waals surface area contributed by atoms with Gasteiger partial charge in [-0.05, 0) is 80.8 Å². The number of carbonyl (C=O) groups excluding carboxylic acids is 9. The van der Waals surface area contributed by atoms with Gasteiger partial charge in [0.05, 0.1) is 18.5 Å². The highest BCUT2D eigenvalue weighted by Crippen LogP contribution is 2.41. The number of unbranched alkanes of at least 4 members (excludes halogenated alkanes) is 1. The lowest BCUT2D eigenvalue weighted by Crippen LogP contribution is -2.56. The molecule has 0 radical (unpaired) electrons. The zero-order valence-electron chi connectivity index (χ0n) is 46.4. The molecule has 0 fully saturated rings. The fourth-order valence-electron chi connectivity index (χ4n) is 8.82. The van der Waals surface area contributed by atoms with E-state index in [1.807, 2.05) is 12.1 Å². The van der Waals surface area contributed by atoms with Gasteiger partial charge in [0.25, 0.3) is 0 Å². The molecule has 0 aliphatic heterocycles. The lowest BCUT2D eigenvalue weighted by Gasteiger charge is -2.41. The Hall–Kier alpha value is -8.13. The number of primary amides is 1. The first-order valence-corrected chi connectivity index (χ1v) is 26.4. The quantitative estimate of drug-likeness (QED) is 0.0376. The van der Waals surface area contributed by atoms with Gasteiger partial charge in [-0.1, -0.05) is 58.0 Å². The molecule has 0 unspecified atom stereocenters. The topological polar surface area (TPSA) is 381 Å². The Labute approximate surface area is 467 Å². The van der Waals surface area contributed by atoms with Crippen LogP contribution >= 0.6 is 0 Å². The number of nitrogens with two attached hydrogens (primary N) is 2. The normalized spacial score (nSPS) is 13.9. The van der Waals surface area contributed by atoms with Crippen molar-refractivity contribution in [3.63, 3.8) is 0 Å². The van der Waals surface area contributed by atoms with Crippen LogP contribution in [0.15, 0.2) is 60.8 Å². The van der Waals surface area contributed by atoms with Gasteiger partial charge in [-0.25, -0.2) is 13.6 Å². The van der Waals surface area contributed by atoms with Crippen LogP contribution in [0.1, 0.15) is 117 Å². The van der Waals surface area contributed by atoms with E-state index in [9.17, 15) is 67.3 Å². The van der Waals surface area contributed by atoms with Crippen LogP contribution < -0.4 is 43.4 Å². The van der Waals surface area contributed by atoms with Crippen molar-refractivity contribution in [1.82, 2.24) is 41.4 Å². The van der Waals surface area contributed by atoms with Crippen molar-refractivity contribution in [3.8, 4) is 11.1 Å². The molecule has 26 heteroatoms. The van der Waals surface area contributed by atoms with Gasteiger partial charge < -0.3 is 68.2 Å². The second-order valence-corrected chi connectivity index (χ2v) is 20.8. The maximum atomic E-state index is 15.4. The number of carboxylic acids is 2. The summed E-state index contributed by atoms with van der Waals surface area (Å²) < 4.78 is 31.8. The molecule has 3 aromatic rings. The molecule has 1 heterocycles.